The summed E-state index contributed by atoms with van der Waals surface area (Å²) in [5, 5.41) is 0. The number of carbonyl (C=O) groups is 1. The first-order valence-corrected chi connectivity index (χ1v) is 7.22. The third-order valence-electron chi connectivity index (χ3n) is 2.73. The highest BCUT2D eigenvalue weighted by atomic mass is 32.3. The summed E-state index contributed by atoms with van der Waals surface area (Å²) in [5.41, 5.74) is 0. The van der Waals surface area contributed by atoms with Crippen LogP contribution in [-0.4, -0.2) is 41.6 Å². The lowest BCUT2D eigenvalue weighted by Gasteiger charge is -2.14. The smallest absolute Gasteiger partial charge is 0.280 e. The van der Waals surface area contributed by atoms with Gasteiger partial charge in [0, 0.05) is 18.9 Å². The highest BCUT2D eigenvalue weighted by Gasteiger charge is 2.35. The van der Waals surface area contributed by atoms with Crippen LogP contribution in [0.15, 0.2) is 0 Å². The van der Waals surface area contributed by atoms with Crippen molar-refractivity contribution in [2.75, 3.05) is 17.2 Å². The zero-order chi connectivity index (χ0) is 14.2. The fraction of sp³-hybridized carbons (Fsp3) is 0.600. The molecule has 1 fully saturated rings. The van der Waals surface area contributed by atoms with Crippen molar-refractivity contribution < 1.29 is 17.1 Å². The van der Waals surface area contributed by atoms with Gasteiger partial charge in [0.25, 0.3) is 0 Å². The van der Waals surface area contributed by atoms with E-state index in [2.05, 4.69) is 15.0 Å². The molecule has 104 valence electrons. The molecule has 2 rings (SSSR count). The number of hydrogen-bond acceptors (Lipinski definition) is 6. The van der Waals surface area contributed by atoms with Crippen molar-refractivity contribution in [3.63, 3.8) is 0 Å². The molecule has 0 spiro atoms. The lowest BCUT2D eigenvalue weighted by Crippen LogP contribution is -2.28. The van der Waals surface area contributed by atoms with Crippen LogP contribution in [0.4, 0.5) is 9.83 Å². The number of aryl methyl sites for hydroxylation is 2. The molecule has 1 aliphatic rings. The van der Waals surface area contributed by atoms with Crippen molar-refractivity contribution in [2.45, 2.75) is 20.3 Å². The number of anilines is 1. The molecule has 1 aromatic heterocycles. The fourth-order valence-corrected chi connectivity index (χ4v) is 2.87. The lowest BCUT2D eigenvalue weighted by molar-refractivity contribution is -0.117. The summed E-state index contributed by atoms with van der Waals surface area (Å²) in [6.07, 6.45) is -0.0209. The Morgan fingerprint density at radius 3 is 2.37 bits per heavy atom. The number of rotatable bonds is 3. The monoisotopic (exact) mass is 288 g/mol. The minimum Gasteiger partial charge on any atom is -0.280 e. The Bertz CT molecular complexity index is 599. The quantitative estimate of drug-likeness (QED) is 0.734. The summed E-state index contributed by atoms with van der Waals surface area (Å²) < 4.78 is 33.8. The molecule has 0 saturated carbocycles. The zero-order valence-corrected chi connectivity index (χ0v) is 11.3. The minimum absolute atomic E-state index is 0.0209. The molecule has 1 unspecified atom stereocenters. The molecule has 1 aromatic rings. The summed E-state index contributed by atoms with van der Waals surface area (Å²) in [5.74, 6) is -0.404. The molecule has 1 atom stereocenters. The topological polar surface area (TPSA) is 93.1 Å². The first kappa shape index (κ1) is 13.8. The van der Waals surface area contributed by atoms with Gasteiger partial charge in [-0.1, -0.05) is 0 Å². The van der Waals surface area contributed by atoms with E-state index in [1.807, 2.05) is 0 Å². The van der Waals surface area contributed by atoms with Crippen molar-refractivity contribution in [1.29, 1.82) is 0 Å². The van der Waals surface area contributed by atoms with Crippen LogP contribution in [0.1, 0.15) is 18.1 Å². The highest BCUT2D eigenvalue weighted by molar-refractivity contribution is 7.86. The molecule has 1 amide bonds. The number of aromatic nitrogens is 3. The molecule has 19 heavy (non-hydrogen) atoms. The molecule has 2 heterocycles. The van der Waals surface area contributed by atoms with Gasteiger partial charge in [0.05, 0.1) is 5.75 Å². The van der Waals surface area contributed by atoms with Gasteiger partial charge in [0.1, 0.15) is 11.6 Å². The van der Waals surface area contributed by atoms with Gasteiger partial charge < -0.3 is 0 Å². The molecule has 9 heteroatoms. The van der Waals surface area contributed by atoms with E-state index >= 15 is 0 Å². The van der Waals surface area contributed by atoms with E-state index < -0.39 is 21.9 Å². The number of nitrogens with zero attached hydrogens (tertiary/aromatic N) is 4. The van der Waals surface area contributed by atoms with Crippen molar-refractivity contribution in [1.82, 2.24) is 15.0 Å². The van der Waals surface area contributed by atoms with E-state index in [9.17, 15) is 17.1 Å². The molecule has 7 nitrogen and oxygen atoms in total. The summed E-state index contributed by atoms with van der Waals surface area (Å²) >= 11 is 0. The molecule has 0 bridgehead atoms. The van der Waals surface area contributed by atoms with Crippen LogP contribution in [-0.2, 0) is 15.0 Å². The Labute approximate surface area is 110 Å². The van der Waals surface area contributed by atoms with Crippen LogP contribution < -0.4 is 4.90 Å². The molecular weight excluding hydrogens is 275 g/mol. The molecule has 1 saturated heterocycles. The van der Waals surface area contributed by atoms with Gasteiger partial charge in [-0.25, -0.2) is 4.98 Å². The fourth-order valence-electron chi connectivity index (χ4n) is 2.09. The summed E-state index contributed by atoms with van der Waals surface area (Å²) in [7, 11) is -4.58. The van der Waals surface area contributed by atoms with Crippen LogP contribution in [0.3, 0.4) is 0 Å². The molecular formula is C10H13FN4O3S. The summed E-state index contributed by atoms with van der Waals surface area (Å²) in [6, 6.07) is 0. The number of carbonyl (C=O) groups excluding carboxylic acids is 1. The average molecular weight is 288 g/mol. The van der Waals surface area contributed by atoms with E-state index in [1.165, 1.54) is 4.90 Å². The number of amides is 1. The summed E-state index contributed by atoms with van der Waals surface area (Å²) in [4.78, 5) is 25.1. The van der Waals surface area contributed by atoms with Gasteiger partial charge in [0.15, 0.2) is 0 Å². The van der Waals surface area contributed by atoms with Crippen molar-refractivity contribution >= 4 is 22.1 Å². The van der Waals surface area contributed by atoms with E-state index in [0.29, 0.717) is 11.6 Å². The van der Waals surface area contributed by atoms with Crippen LogP contribution >= 0.6 is 0 Å². The first-order chi connectivity index (χ1) is 8.74. The maximum Gasteiger partial charge on any atom is 0.302 e. The third kappa shape index (κ3) is 3.43. The standard InChI is InChI=1S/C10H13FN4O3S/c1-6-12-7(2)14-10(13-6)15-4-8(3-9(15)16)5-19(11,17)18/h8H,3-5H2,1-2H3. The Balaban J connectivity index is 2.20. The highest BCUT2D eigenvalue weighted by Crippen LogP contribution is 2.23. The molecule has 0 aromatic carbocycles. The second-order valence-electron chi connectivity index (χ2n) is 4.51. The first-order valence-electron chi connectivity index (χ1n) is 5.66. The van der Waals surface area contributed by atoms with Gasteiger partial charge in [-0.2, -0.15) is 18.4 Å². The Morgan fingerprint density at radius 2 is 1.84 bits per heavy atom. The Hall–Kier alpha value is -1.64. The predicted molar refractivity (Wildman–Crippen MR) is 64.7 cm³/mol. The lowest BCUT2D eigenvalue weighted by atomic mass is 10.1. The predicted octanol–water partition coefficient (Wildman–Crippen LogP) is 0.141. The summed E-state index contributed by atoms with van der Waals surface area (Å²) in [6.45, 7) is 3.44. The molecule has 1 aliphatic heterocycles. The van der Waals surface area contributed by atoms with Gasteiger partial charge in [-0.05, 0) is 13.8 Å². The van der Waals surface area contributed by atoms with E-state index in [1.54, 1.807) is 13.8 Å². The van der Waals surface area contributed by atoms with Crippen molar-refractivity contribution in [2.24, 2.45) is 5.92 Å². The maximum absolute atomic E-state index is 12.6. The molecule has 0 aliphatic carbocycles. The van der Waals surface area contributed by atoms with Crippen molar-refractivity contribution in [3.05, 3.63) is 11.6 Å². The largest absolute Gasteiger partial charge is 0.302 e. The zero-order valence-electron chi connectivity index (χ0n) is 10.5. The van der Waals surface area contributed by atoms with Crippen LogP contribution in [0, 0.1) is 19.8 Å². The van der Waals surface area contributed by atoms with Crippen LogP contribution in [0.2, 0.25) is 0 Å². The molecule has 0 N–H and O–H groups in total. The van der Waals surface area contributed by atoms with Gasteiger partial charge in [-0.3, -0.25) is 9.69 Å². The minimum atomic E-state index is -4.58. The van der Waals surface area contributed by atoms with E-state index in [0.717, 1.165) is 0 Å². The maximum atomic E-state index is 12.6. The second-order valence-corrected chi connectivity index (χ2v) is 5.92. The van der Waals surface area contributed by atoms with E-state index in [-0.39, 0.29) is 24.8 Å². The van der Waals surface area contributed by atoms with Crippen molar-refractivity contribution in [3.8, 4) is 0 Å². The van der Waals surface area contributed by atoms with Gasteiger partial charge in [0.2, 0.25) is 11.9 Å². The van der Waals surface area contributed by atoms with E-state index in [4.69, 9.17) is 0 Å². The third-order valence-corrected chi connectivity index (χ3v) is 3.60. The SMILES string of the molecule is Cc1nc(C)nc(N2CC(CS(=O)(=O)F)CC2=O)n1. The van der Waals surface area contributed by atoms with Crippen LogP contribution in [0.25, 0.3) is 0 Å². The van der Waals surface area contributed by atoms with Crippen LogP contribution in [0.5, 0.6) is 0 Å². The van der Waals surface area contributed by atoms with Gasteiger partial charge in [-0.15, -0.1) is 3.89 Å². The second kappa shape index (κ2) is 4.80. The number of halogens is 1. The normalized spacial score (nSPS) is 20.1. The Morgan fingerprint density at radius 1 is 1.26 bits per heavy atom. The molecule has 0 radical (unpaired) electrons. The Kier molecular flexibility index (Phi) is 3.48. The van der Waals surface area contributed by atoms with Gasteiger partial charge >= 0.3 is 10.2 Å². The number of hydrogen-bond donors (Lipinski definition) is 0. The average Bonchev–Trinajstić information content (AvgIpc) is 2.54.